The van der Waals surface area contributed by atoms with E-state index in [1.54, 1.807) is 24.0 Å². The van der Waals surface area contributed by atoms with Gasteiger partial charge >= 0.3 is 0 Å². The van der Waals surface area contributed by atoms with Crippen molar-refractivity contribution in [2.45, 2.75) is 52.6 Å². The van der Waals surface area contributed by atoms with Gasteiger partial charge in [-0.15, -0.1) is 0 Å². The monoisotopic (exact) mass is 551 g/mol. The van der Waals surface area contributed by atoms with Crippen molar-refractivity contribution < 1.29 is 18.0 Å². The molecule has 0 unspecified atom stereocenters. The van der Waals surface area contributed by atoms with Gasteiger partial charge in [-0.3, -0.25) is 13.9 Å². The van der Waals surface area contributed by atoms with Gasteiger partial charge in [0, 0.05) is 30.5 Å². The summed E-state index contributed by atoms with van der Waals surface area (Å²) in [6, 6.07) is 14.3. The molecule has 0 radical (unpaired) electrons. The molecule has 0 aromatic heterocycles. The van der Waals surface area contributed by atoms with Gasteiger partial charge in [-0.2, -0.15) is 0 Å². The van der Waals surface area contributed by atoms with Gasteiger partial charge in [0.25, 0.3) is 0 Å². The van der Waals surface area contributed by atoms with Gasteiger partial charge in [-0.1, -0.05) is 47.1 Å². The van der Waals surface area contributed by atoms with Crippen molar-refractivity contribution in [3.63, 3.8) is 0 Å². The molecular weight excluding hydrogens is 518 g/mol. The molecule has 1 N–H and O–H groups in total. The molecule has 0 aliphatic rings. The fourth-order valence-electron chi connectivity index (χ4n) is 3.64. The lowest BCUT2D eigenvalue weighted by Crippen LogP contribution is -2.47. The Kier molecular flexibility index (Phi) is 10.6. The van der Waals surface area contributed by atoms with Gasteiger partial charge in [-0.05, 0) is 62.1 Å². The van der Waals surface area contributed by atoms with Crippen molar-refractivity contribution in [1.29, 1.82) is 0 Å². The minimum absolute atomic E-state index is 0.122. The van der Waals surface area contributed by atoms with E-state index in [0.29, 0.717) is 18.7 Å². The summed E-state index contributed by atoms with van der Waals surface area (Å²) in [6.07, 6.45) is 2.49. The second-order valence-electron chi connectivity index (χ2n) is 8.18. The Labute approximate surface area is 211 Å². The van der Waals surface area contributed by atoms with Gasteiger partial charge < -0.3 is 10.2 Å². The molecule has 2 rings (SSSR count). The Morgan fingerprint density at radius 1 is 1.06 bits per heavy atom. The number of carbonyl (C=O) groups excluding carboxylic acids is 2. The fourth-order valence-corrected chi connectivity index (χ4v) is 5.05. The number of nitrogens with one attached hydrogen (secondary N) is 1. The maximum Gasteiger partial charge on any atom is 0.242 e. The third kappa shape index (κ3) is 8.13. The molecule has 34 heavy (non-hydrogen) atoms. The Morgan fingerprint density at radius 2 is 1.74 bits per heavy atom. The number of anilines is 1. The molecule has 1 atom stereocenters. The Morgan fingerprint density at radius 3 is 2.29 bits per heavy atom. The summed E-state index contributed by atoms with van der Waals surface area (Å²) in [4.78, 5) is 27.2. The molecule has 7 nitrogen and oxygen atoms in total. The van der Waals surface area contributed by atoms with Crippen molar-refractivity contribution in [3.8, 4) is 0 Å². The summed E-state index contributed by atoms with van der Waals surface area (Å²) < 4.78 is 27.0. The topological polar surface area (TPSA) is 86.8 Å². The van der Waals surface area contributed by atoms with Crippen LogP contribution < -0.4 is 9.62 Å². The first-order valence-electron chi connectivity index (χ1n) is 11.4. The summed E-state index contributed by atoms with van der Waals surface area (Å²) in [6.45, 7) is 6.51. The van der Waals surface area contributed by atoms with Crippen LogP contribution in [0.2, 0.25) is 0 Å². The number of sulfonamides is 1. The molecule has 0 bridgehead atoms. The predicted molar refractivity (Wildman–Crippen MR) is 140 cm³/mol. The standard InChI is InChI=1S/C25H34BrN3O4S/c1-5-20-12-14-23(15-13-20)29(34(4,32)33)16-8-11-24(30)28(19(3)25(31)27-6-2)18-21-9-7-10-22(26)17-21/h7,9-10,12-15,17,19H,5-6,8,11,16,18H2,1-4H3,(H,27,31)/t19-/m0/s1. The van der Waals surface area contributed by atoms with E-state index >= 15 is 0 Å². The average molecular weight is 553 g/mol. The molecule has 0 fully saturated rings. The number of benzene rings is 2. The third-order valence-corrected chi connectivity index (χ3v) is 7.23. The zero-order valence-electron chi connectivity index (χ0n) is 20.3. The summed E-state index contributed by atoms with van der Waals surface area (Å²) in [5.74, 6) is -0.423. The highest BCUT2D eigenvalue weighted by atomic mass is 79.9. The highest BCUT2D eigenvalue weighted by Crippen LogP contribution is 2.20. The fraction of sp³-hybridized carbons (Fsp3) is 0.440. The van der Waals surface area contributed by atoms with Gasteiger partial charge in [0.2, 0.25) is 21.8 Å². The molecule has 186 valence electrons. The molecule has 0 spiro atoms. The lowest BCUT2D eigenvalue weighted by Gasteiger charge is -2.29. The maximum atomic E-state index is 13.2. The SMILES string of the molecule is CCNC(=O)[C@H](C)N(Cc1cccc(Br)c1)C(=O)CCCN(c1ccc(CC)cc1)S(C)(=O)=O. The number of rotatable bonds is 12. The quantitative estimate of drug-likeness (QED) is 0.430. The van der Waals surface area contributed by atoms with Crippen molar-refractivity contribution in [1.82, 2.24) is 10.2 Å². The van der Waals surface area contributed by atoms with Crippen LogP contribution >= 0.6 is 15.9 Å². The smallest absolute Gasteiger partial charge is 0.242 e. The average Bonchev–Trinajstić information content (AvgIpc) is 2.79. The lowest BCUT2D eigenvalue weighted by atomic mass is 10.1. The first-order chi connectivity index (χ1) is 16.1. The van der Waals surface area contributed by atoms with Gasteiger partial charge in [0.1, 0.15) is 6.04 Å². The highest BCUT2D eigenvalue weighted by Gasteiger charge is 2.26. The van der Waals surface area contributed by atoms with E-state index < -0.39 is 16.1 Å². The number of hydrogen-bond donors (Lipinski definition) is 1. The Hall–Kier alpha value is -2.39. The maximum absolute atomic E-state index is 13.2. The summed E-state index contributed by atoms with van der Waals surface area (Å²) in [7, 11) is -3.51. The normalized spacial score (nSPS) is 12.1. The number of aryl methyl sites for hydroxylation is 1. The first-order valence-corrected chi connectivity index (χ1v) is 14.1. The van der Waals surface area contributed by atoms with Crippen molar-refractivity contribution >= 4 is 43.5 Å². The van der Waals surface area contributed by atoms with E-state index in [2.05, 4.69) is 21.2 Å². The number of likely N-dealkylation sites (N-methyl/N-ethyl adjacent to an activating group) is 1. The number of halogens is 1. The molecule has 0 aliphatic heterocycles. The second kappa shape index (κ2) is 12.9. The van der Waals surface area contributed by atoms with E-state index in [0.717, 1.165) is 22.0 Å². The van der Waals surface area contributed by atoms with Gasteiger partial charge in [0.05, 0.1) is 11.9 Å². The summed E-state index contributed by atoms with van der Waals surface area (Å²) in [5, 5.41) is 2.77. The molecule has 2 aromatic rings. The van der Waals surface area contributed by atoms with Crippen LogP contribution in [0.1, 0.15) is 44.7 Å². The van der Waals surface area contributed by atoms with Crippen LogP contribution in [0, 0.1) is 0 Å². The minimum atomic E-state index is -3.51. The lowest BCUT2D eigenvalue weighted by molar-refractivity contribution is -0.140. The van der Waals surface area contributed by atoms with E-state index in [9.17, 15) is 18.0 Å². The van der Waals surface area contributed by atoms with Crippen LogP contribution in [-0.2, 0) is 32.6 Å². The first kappa shape index (κ1) is 27.9. The molecule has 0 saturated carbocycles. The van der Waals surface area contributed by atoms with Crippen LogP contribution in [-0.4, -0.2) is 50.5 Å². The largest absolute Gasteiger partial charge is 0.355 e. The molecule has 9 heteroatoms. The number of amides is 2. The second-order valence-corrected chi connectivity index (χ2v) is 11.0. The number of carbonyl (C=O) groups is 2. The van der Waals surface area contributed by atoms with Crippen LogP contribution in [0.25, 0.3) is 0 Å². The molecule has 0 aliphatic carbocycles. The third-order valence-electron chi connectivity index (χ3n) is 5.55. The summed E-state index contributed by atoms with van der Waals surface area (Å²) in [5.41, 5.74) is 2.59. The molecule has 0 heterocycles. The minimum Gasteiger partial charge on any atom is -0.355 e. The van der Waals surface area contributed by atoms with Crippen LogP contribution in [0.3, 0.4) is 0 Å². The van der Waals surface area contributed by atoms with Crippen LogP contribution in [0.15, 0.2) is 53.0 Å². The van der Waals surface area contributed by atoms with Gasteiger partial charge in [-0.25, -0.2) is 8.42 Å². The zero-order chi connectivity index (χ0) is 25.3. The van der Waals surface area contributed by atoms with Gasteiger partial charge in [0.15, 0.2) is 0 Å². The predicted octanol–water partition coefficient (Wildman–Crippen LogP) is 4.11. The number of hydrogen-bond acceptors (Lipinski definition) is 4. The van der Waals surface area contributed by atoms with Crippen LogP contribution in [0.5, 0.6) is 0 Å². The molecule has 0 saturated heterocycles. The molecule has 2 amide bonds. The van der Waals surface area contributed by atoms with Crippen molar-refractivity contribution in [3.05, 3.63) is 64.1 Å². The Bertz CT molecular complexity index is 1070. The summed E-state index contributed by atoms with van der Waals surface area (Å²) >= 11 is 3.44. The van der Waals surface area contributed by atoms with E-state index in [-0.39, 0.29) is 31.3 Å². The zero-order valence-corrected chi connectivity index (χ0v) is 22.7. The Balaban J connectivity index is 2.14. The van der Waals surface area contributed by atoms with Crippen molar-refractivity contribution in [2.24, 2.45) is 0 Å². The van der Waals surface area contributed by atoms with E-state index in [4.69, 9.17) is 0 Å². The molecule has 2 aromatic carbocycles. The molecular formula is C25H34BrN3O4S. The van der Waals surface area contributed by atoms with Crippen LogP contribution in [0.4, 0.5) is 5.69 Å². The number of nitrogens with zero attached hydrogens (tertiary/aromatic N) is 2. The van der Waals surface area contributed by atoms with Crippen molar-refractivity contribution in [2.75, 3.05) is 23.7 Å². The van der Waals surface area contributed by atoms with E-state index in [1.807, 2.05) is 50.2 Å². The highest BCUT2D eigenvalue weighted by molar-refractivity contribution is 9.10. The van der Waals surface area contributed by atoms with E-state index in [1.165, 1.54) is 10.6 Å².